The van der Waals surface area contributed by atoms with Crippen molar-refractivity contribution in [1.29, 1.82) is 0 Å². The Labute approximate surface area is 92.1 Å². The van der Waals surface area contributed by atoms with Gasteiger partial charge in [-0.25, -0.2) is 0 Å². The van der Waals surface area contributed by atoms with Crippen LogP contribution < -0.4 is 5.73 Å². The SMILES string of the molecule is C=CCCOC(C)C(=O)N(C)C(C)CN. The normalized spacial score (nSPS) is 14.4. The van der Waals surface area contributed by atoms with Gasteiger partial charge < -0.3 is 15.4 Å². The van der Waals surface area contributed by atoms with E-state index >= 15 is 0 Å². The van der Waals surface area contributed by atoms with Gasteiger partial charge in [0, 0.05) is 19.6 Å². The molecule has 0 saturated carbocycles. The Morgan fingerprint density at radius 1 is 1.60 bits per heavy atom. The van der Waals surface area contributed by atoms with Crippen molar-refractivity contribution in [3.63, 3.8) is 0 Å². The molecule has 0 heterocycles. The van der Waals surface area contributed by atoms with Crippen molar-refractivity contribution >= 4 is 5.91 Å². The van der Waals surface area contributed by atoms with Crippen LogP contribution in [0.5, 0.6) is 0 Å². The van der Waals surface area contributed by atoms with Gasteiger partial charge in [0.25, 0.3) is 5.91 Å². The van der Waals surface area contributed by atoms with E-state index in [2.05, 4.69) is 6.58 Å². The summed E-state index contributed by atoms with van der Waals surface area (Å²) < 4.78 is 5.36. The van der Waals surface area contributed by atoms with Crippen LogP contribution in [0, 0.1) is 0 Å². The minimum Gasteiger partial charge on any atom is -0.368 e. The number of nitrogens with zero attached hydrogens (tertiary/aromatic N) is 1. The van der Waals surface area contributed by atoms with Gasteiger partial charge in [-0.2, -0.15) is 0 Å². The van der Waals surface area contributed by atoms with E-state index in [1.807, 2.05) is 6.92 Å². The molecule has 15 heavy (non-hydrogen) atoms. The summed E-state index contributed by atoms with van der Waals surface area (Å²) in [4.78, 5) is 13.4. The van der Waals surface area contributed by atoms with Crippen molar-refractivity contribution in [1.82, 2.24) is 4.90 Å². The molecule has 0 saturated heterocycles. The van der Waals surface area contributed by atoms with Gasteiger partial charge in [-0.3, -0.25) is 4.79 Å². The van der Waals surface area contributed by atoms with Gasteiger partial charge in [0.1, 0.15) is 6.10 Å². The van der Waals surface area contributed by atoms with Gasteiger partial charge in [0.15, 0.2) is 0 Å². The highest BCUT2D eigenvalue weighted by Crippen LogP contribution is 2.02. The van der Waals surface area contributed by atoms with E-state index in [0.717, 1.165) is 6.42 Å². The number of carbonyl (C=O) groups is 1. The number of carbonyl (C=O) groups excluding carboxylic acids is 1. The zero-order chi connectivity index (χ0) is 11.8. The van der Waals surface area contributed by atoms with Crippen molar-refractivity contribution < 1.29 is 9.53 Å². The summed E-state index contributed by atoms with van der Waals surface area (Å²) in [5, 5.41) is 0. The van der Waals surface area contributed by atoms with Gasteiger partial charge in [0.2, 0.25) is 0 Å². The summed E-state index contributed by atoms with van der Waals surface area (Å²) in [6.07, 6.45) is 2.11. The lowest BCUT2D eigenvalue weighted by molar-refractivity contribution is -0.142. The Hall–Kier alpha value is -0.870. The minimum atomic E-state index is -0.413. The first-order chi connectivity index (χ1) is 7.04. The molecular weight excluding hydrogens is 192 g/mol. The van der Waals surface area contributed by atoms with Crippen molar-refractivity contribution in [2.75, 3.05) is 20.2 Å². The fourth-order valence-electron chi connectivity index (χ4n) is 1.06. The number of likely N-dealkylation sites (N-methyl/N-ethyl adjacent to an activating group) is 1. The molecule has 2 unspecified atom stereocenters. The third-order valence-corrected chi connectivity index (χ3v) is 2.39. The van der Waals surface area contributed by atoms with Crippen molar-refractivity contribution in [3.8, 4) is 0 Å². The van der Waals surface area contributed by atoms with E-state index in [4.69, 9.17) is 10.5 Å². The Morgan fingerprint density at radius 3 is 2.67 bits per heavy atom. The molecule has 88 valence electrons. The van der Waals surface area contributed by atoms with Crippen LogP contribution in [-0.2, 0) is 9.53 Å². The summed E-state index contributed by atoms with van der Waals surface area (Å²) in [7, 11) is 1.74. The molecule has 0 aliphatic rings. The zero-order valence-corrected chi connectivity index (χ0v) is 9.90. The van der Waals surface area contributed by atoms with E-state index in [-0.39, 0.29) is 11.9 Å². The molecule has 0 aromatic carbocycles. The van der Waals surface area contributed by atoms with Gasteiger partial charge in [-0.1, -0.05) is 6.08 Å². The quantitative estimate of drug-likeness (QED) is 0.503. The molecule has 0 spiro atoms. The second-order valence-corrected chi connectivity index (χ2v) is 3.62. The molecule has 2 N–H and O–H groups in total. The van der Waals surface area contributed by atoms with E-state index in [9.17, 15) is 4.79 Å². The second-order valence-electron chi connectivity index (χ2n) is 3.62. The summed E-state index contributed by atoms with van der Waals surface area (Å²) in [5.74, 6) is -0.0305. The number of amides is 1. The van der Waals surface area contributed by atoms with Crippen LogP contribution in [0.25, 0.3) is 0 Å². The maximum absolute atomic E-state index is 11.8. The first kappa shape index (κ1) is 14.1. The van der Waals surface area contributed by atoms with Crippen molar-refractivity contribution in [2.45, 2.75) is 32.4 Å². The molecule has 0 fully saturated rings. The number of hydrogen-bond donors (Lipinski definition) is 1. The molecule has 1 amide bonds. The summed E-state index contributed by atoms with van der Waals surface area (Å²) in [6, 6.07) is 0.0444. The van der Waals surface area contributed by atoms with Crippen LogP contribution in [0.3, 0.4) is 0 Å². The van der Waals surface area contributed by atoms with Crippen LogP contribution in [-0.4, -0.2) is 43.2 Å². The van der Waals surface area contributed by atoms with Crippen LogP contribution in [0.4, 0.5) is 0 Å². The largest absolute Gasteiger partial charge is 0.368 e. The Morgan fingerprint density at radius 2 is 2.20 bits per heavy atom. The highest BCUT2D eigenvalue weighted by Gasteiger charge is 2.20. The second kappa shape index (κ2) is 7.43. The summed E-state index contributed by atoms with van der Waals surface area (Å²) in [6.45, 7) is 8.24. The Balaban J connectivity index is 4.01. The van der Waals surface area contributed by atoms with E-state index in [0.29, 0.717) is 13.2 Å². The van der Waals surface area contributed by atoms with Gasteiger partial charge in [-0.05, 0) is 20.3 Å². The molecule has 0 aliphatic heterocycles. The number of hydrogen-bond acceptors (Lipinski definition) is 3. The maximum Gasteiger partial charge on any atom is 0.251 e. The number of ether oxygens (including phenoxy) is 1. The van der Waals surface area contributed by atoms with Gasteiger partial charge >= 0.3 is 0 Å². The predicted octanol–water partition coefficient (Wildman–Crippen LogP) is 0.773. The lowest BCUT2D eigenvalue weighted by Crippen LogP contribution is -2.44. The fourth-order valence-corrected chi connectivity index (χ4v) is 1.06. The smallest absolute Gasteiger partial charge is 0.251 e. The number of rotatable bonds is 7. The highest BCUT2D eigenvalue weighted by atomic mass is 16.5. The van der Waals surface area contributed by atoms with Gasteiger partial charge in [-0.15, -0.1) is 6.58 Å². The average molecular weight is 214 g/mol. The number of nitrogens with two attached hydrogens (primary N) is 1. The molecule has 4 heteroatoms. The Bertz CT molecular complexity index is 207. The maximum atomic E-state index is 11.8. The Kier molecular flexibility index (Phi) is 6.99. The van der Waals surface area contributed by atoms with Gasteiger partial charge in [0.05, 0.1) is 6.61 Å². The topological polar surface area (TPSA) is 55.6 Å². The first-order valence-corrected chi connectivity index (χ1v) is 5.23. The fraction of sp³-hybridized carbons (Fsp3) is 0.727. The first-order valence-electron chi connectivity index (χ1n) is 5.23. The van der Waals surface area contributed by atoms with Crippen LogP contribution in [0.15, 0.2) is 12.7 Å². The molecule has 0 aromatic rings. The molecule has 0 rings (SSSR count). The van der Waals surface area contributed by atoms with Crippen LogP contribution in [0.2, 0.25) is 0 Å². The molecule has 4 nitrogen and oxygen atoms in total. The lowest BCUT2D eigenvalue weighted by Gasteiger charge is -2.26. The van der Waals surface area contributed by atoms with Crippen LogP contribution >= 0.6 is 0 Å². The van der Waals surface area contributed by atoms with E-state index in [1.165, 1.54) is 0 Å². The third kappa shape index (κ3) is 4.95. The monoisotopic (exact) mass is 214 g/mol. The molecule has 0 bridgehead atoms. The van der Waals surface area contributed by atoms with E-state index < -0.39 is 6.10 Å². The average Bonchev–Trinajstić information content (AvgIpc) is 2.26. The van der Waals surface area contributed by atoms with E-state index in [1.54, 1.807) is 24.9 Å². The highest BCUT2D eigenvalue weighted by molar-refractivity contribution is 5.80. The lowest BCUT2D eigenvalue weighted by atomic mass is 10.2. The van der Waals surface area contributed by atoms with Crippen molar-refractivity contribution in [3.05, 3.63) is 12.7 Å². The predicted molar refractivity (Wildman–Crippen MR) is 61.5 cm³/mol. The third-order valence-electron chi connectivity index (χ3n) is 2.39. The van der Waals surface area contributed by atoms with Crippen LogP contribution in [0.1, 0.15) is 20.3 Å². The molecule has 0 aromatic heterocycles. The molecule has 0 aliphatic carbocycles. The van der Waals surface area contributed by atoms with Crippen molar-refractivity contribution in [2.24, 2.45) is 5.73 Å². The standard InChI is InChI=1S/C11H22N2O2/c1-5-6-7-15-10(3)11(14)13(4)9(2)8-12/h5,9-10H,1,6-8,12H2,2-4H3. The molecule has 0 radical (unpaired) electrons. The zero-order valence-electron chi connectivity index (χ0n) is 9.90. The molecule has 2 atom stereocenters. The molecular formula is C11H22N2O2. The minimum absolute atomic E-state index is 0.0305. The summed E-state index contributed by atoms with van der Waals surface area (Å²) in [5.41, 5.74) is 5.48. The summed E-state index contributed by atoms with van der Waals surface area (Å²) >= 11 is 0.